The molecule has 0 aliphatic rings. The number of rotatable bonds is 6. The minimum Gasteiger partial charge on any atom is -0.496 e. The molecule has 0 aromatic heterocycles. The van der Waals surface area contributed by atoms with Gasteiger partial charge in [0, 0.05) is 6.04 Å². The molecule has 1 atom stereocenters. The summed E-state index contributed by atoms with van der Waals surface area (Å²) in [7, 11) is 3.81. The van der Waals surface area contributed by atoms with Crippen molar-refractivity contribution in [3.63, 3.8) is 0 Å². The molecule has 108 valence electrons. The molecule has 2 nitrogen and oxygen atoms in total. The van der Waals surface area contributed by atoms with Crippen molar-refractivity contribution in [2.45, 2.75) is 53.0 Å². The maximum atomic E-state index is 5.44. The molecule has 1 rings (SSSR count). The first-order chi connectivity index (χ1) is 8.88. The first kappa shape index (κ1) is 16.0. The van der Waals surface area contributed by atoms with Crippen LogP contribution in [0.4, 0.5) is 0 Å². The number of nitrogens with one attached hydrogen (secondary N) is 1. The highest BCUT2D eigenvalue weighted by molar-refractivity contribution is 5.36. The Balaban J connectivity index is 2.60. The van der Waals surface area contributed by atoms with Crippen LogP contribution in [0.15, 0.2) is 18.2 Å². The van der Waals surface area contributed by atoms with Gasteiger partial charge in [0.25, 0.3) is 0 Å². The van der Waals surface area contributed by atoms with E-state index < -0.39 is 0 Å². The third kappa shape index (κ3) is 4.87. The molecule has 0 heterocycles. The Bertz CT molecular complexity index is 393. The van der Waals surface area contributed by atoms with Crippen LogP contribution >= 0.6 is 0 Å². The topological polar surface area (TPSA) is 21.3 Å². The van der Waals surface area contributed by atoms with Gasteiger partial charge in [0.1, 0.15) is 5.75 Å². The van der Waals surface area contributed by atoms with Crippen molar-refractivity contribution in [1.29, 1.82) is 0 Å². The molecule has 0 bridgehead atoms. The van der Waals surface area contributed by atoms with Crippen molar-refractivity contribution >= 4 is 0 Å². The van der Waals surface area contributed by atoms with Crippen molar-refractivity contribution in [2.75, 3.05) is 14.2 Å². The summed E-state index contributed by atoms with van der Waals surface area (Å²) < 4.78 is 5.44. The number of benzene rings is 1. The van der Waals surface area contributed by atoms with E-state index in [2.05, 4.69) is 58.3 Å². The second kappa shape index (κ2) is 6.95. The number of aryl methyl sites for hydroxylation is 2. The van der Waals surface area contributed by atoms with Gasteiger partial charge in [0.15, 0.2) is 0 Å². The van der Waals surface area contributed by atoms with Gasteiger partial charge in [-0.25, -0.2) is 0 Å². The molecule has 0 amide bonds. The van der Waals surface area contributed by atoms with E-state index in [1.54, 1.807) is 7.11 Å². The monoisotopic (exact) mass is 263 g/mol. The fourth-order valence-corrected chi connectivity index (χ4v) is 2.61. The van der Waals surface area contributed by atoms with Gasteiger partial charge in [-0.3, -0.25) is 0 Å². The van der Waals surface area contributed by atoms with Crippen LogP contribution in [0.1, 0.15) is 44.7 Å². The highest BCUT2D eigenvalue weighted by atomic mass is 16.5. The zero-order valence-electron chi connectivity index (χ0n) is 13.3. The van der Waals surface area contributed by atoms with Crippen LogP contribution in [-0.2, 0) is 6.42 Å². The minimum atomic E-state index is 0.311. The number of ether oxygens (including phenoxy) is 1. The van der Waals surface area contributed by atoms with Crippen LogP contribution < -0.4 is 10.1 Å². The van der Waals surface area contributed by atoms with Crippen LogP contribution in [-0.4, -0.2) is 20.2 Å². The maximum absolute atomic E-state index is 5.44. The third-order valence-electron chi connectivity index (χ3n) is 3.77. The number of methoxy groups -OCH3 is 1. The Morgan fingerprint density at radius 3 is 2.47 bits per heavy atom. The summed E-state index contributed by atoms with van der Waals surface area (Å²) in [5, 5.41) is 3.44. The maximum Gasteiger partial charge on any atom is 0.122 e. The van der Waals surface area contributed by atoms with Crippen molar-refractivity contribution in [3.05, 3.63) is 29.3 Å². The van der Waals surface area contributed by atoms with Crippen molar-refractivity contribution in [2.24, 2.45) is 5.41 Å². The summed E-state index contributed by atoms with van der Waals surface area (Å²) in [6.45, 7) is 9.01. The largest absolute Gasteiger partial charge is 0.496 e. The summed E-state index contributed by atoms with van der Waals surface area (Å²) in [4.78, 5) is 0. The lowest BCUT2D eigenvalue weighted by atomic mass is 9.83. The van der Waals surface area contributed by atoms with Gasteiger partial charge in [0.05, 0.1) is 7.11 Å². The Morgan fingerprint density at radius 2 is 1.95 bits per heavy atom. The van der Waals surface area contributed by atoms with Gasteiger partial charge >= 0.3 is 0 Å². The van der Waals surface area contributed by atoms with Crippen molar-refractivity contribution < 1.29 is 4.74 Å². The molecule has 0 saturated heterocycles. The highest BCUT2D eigenvalue weighted by Crippen LogP contribution is 2.25. The molecule has 1 aromatic rings. The first-order valence-electron chi connectivity index (χ1n) is 7.19. The molecule has 1 aromatic carbocycles. The van der Waals surface area contributed by atoms with E-state index in [4.69, 9.17) is 4.74 Å². The van der Waals surface area contributed by atoms with E-state index in [1.165, 1.54) is 24.0 Å². The number of hydrogen-bond acceptors (Lipinski definition) is 2. The van der Waals surface area contributed by atoms with Crippen LogP contribution in [0.25, 0.3) is 0 Å². The standard InChI is InChI=1S/C17H29NO/c1-13-10-11-15(19-6)14(12-13)8-7-9-16(18-5)17(2,3)4/h10-12,16,18H,7-9H2,1-6H3. The van der Waals surface area contributed by atoms with Gasteiger partial charge in [0.2, 0.25) is 0 Å². The van der Waals surface area contributed by atoms with E-state index in [1.807, 2.05) is 0 Å². The van der Waals surface area contributed by atoms with Crippen LogP contribution in [0.5, 0.6) is 5.75 Å². The van der Waals surface area contributed by atoms with Crippen molar-refractivity contribution in [1.82, 2.24) is 5.32 Å². The van der Waals surface area contributed by atoms with Crippen molar-refractivity contribution in [3.8, 4) is 5.75 Å². The Hall–Kier alpha value is -1.02. The summed E-state index contributed by atoms with van der Waals surface area (Å²) >= 11 is 0. The van der Waals surface area contributed by atoms with Gasteiger partial charge in [-0.15, -0.1) is 0 Å². The zero-order valence-corrected chi connectivity index (χ0v) is 13.3. The average molecular weight is 263 g/mol. The van der Waals surface area contributed by atoms with Gasteiger partial charge in [-0.2, -0.15) is 0 Å². The minimum absolute atomic E-state index is 0.311. The van der Waals surface area contributed by atoms with Gasteiger partial charge in [-0.1, -0.05) is 38.5 Å². The van der Waals surface area contributed by atoms with Gasteiger partial charge in [-0.05, 0) is 50.3 Å². The molecular weight excluding hydrogens is 234 g/mol. The highest BCUT2D eigenvalue weighted by Gasteiger charge is 2.22. The second-order valence-electron chi connectivity index (χ2n) is 6.41. The zero-order chi connectivity index (χ0) is 14.5. The lowest BCUT2D eigenvalue weighted by Crippen LogP contribution is -2.37. The molecule has 0 fully saturated rings. The van der Waals surface area contributed by atoms with Gasteiger partial charge < -0.3 is 10.1 Å². The summed E-state index contributed by atoms with van der Waals surface area (Å²) in [5.41, 5.74) is 2.94. The summed E-state index contributed by atoms with van der Waals surface area (Å²) in [5.74, 6) is 1.02. The Morgan fingerprint density at radius 1 is 1.26 bits per heavy atom. The quantitative estimate of drug-likeness (QED) is 0.839. The predicted octanol–water partition coefficient (Wildman–Crippen LogP) is 3.96. The first-order valence-corrected chi connectivity index (χ1v) is 7.19. The molecule has 2 heteroatoms. The number of hydrogen-bond donors (Lipinski definition) is 1. The average Bonchev–Trinajstić information content (AvgIpc) is 2.33. The molecule has 1 N–H and O–H groups in total. The Kier molecular flexibility index (Phi) is 5.86. The Labute approximate surface area is 118 Å². The van der Waals surface area contributed by atoms with E-state index in [9.17, 15) is 0 Å². The van der Waals surface area contributed by atoms with Crippen LogP contribution in [0, 0.1) is 12.3 Å². The van der Waals surface area contributed by atoms with E-state index in [0.29, 0.717) is 11.5 Å². The smallest absolute Gasteiger partial charge is 0.122 e. The van der Waals surface area contributed by atoms with Crippen LogP contribution in [0.2, 0.25) is 0 Å². The van der Waals surface area contributed by atoms with E-state index in [-0.39, 0.29) is 0 Å². The fraction of sp³-hybridized carbons (Fsp3) is 0.647. The lowest BCUT2D eigenvalue weighted by Gasteiger charge is -2.30. The van der Waals surface area contributed by atoms with E-state index >= 15 is 0 Å². The molecular formula is C17H29NO. The predicted molar refractivity (Wildman–Crippen MR) is 83.0 cm³/mol. The molecule has 0 saturated carbocycles. The SMILES string of the molecule is CNC(CCCc1cc(C)ccc1OC)C(C)(C)C. The van der Waals surface area contributed by atoms with Crippen LogP contribution in [0.3, 0.4) is 0 Å². The normalized spacial score (nSPS) is 13.4. The molecule has 0 radical (unpaired) electrons. The fourth-order valence-electron chi connectivity index (χ4n) is 2.61. The van der Waals surface area contributed by atoms with E-state index in [0.717, 1.165) is 12.2 Å². The molecule has 0 aliphatic heterocycles. The third-order valence-corrected chi connectivity index (χ3v) is 3.77. The second-order valence-corrected chi connectivity index (χ2v) is 6.41. The molecule has 0 spiro atoms. The molecule has 19 heavy (non-hydrogen) atoms. The molecule has 1 unspecified atom stereocenters. The summed E-state index contributed by atoms with van der Waals surface area (Å²) in [6.07, 6.45) is 3.46. The molecule has 0 aliphatic carbocycles. The summed E-state index contributed by atoms with van der Waals surface area (Å²) in [6, 6.07) is 6.98. The lowest BCUT2D eigenvalue weighted by molar-refractivity contribution is 0.263.